The highest BCUT2D eigenvalue weighted by Crippen LogP contribution is 2.20. The van der Waals surface area contributed by atoms with Gasteiger partial charge in [-0.15, -0.1) is 12.4 Å². The van der Waals surface area contributed by atoms with Crippen LogP contribution in [0.5, 0.6) is 5.75 Å². The zero-order valence-electron chi connectivity index (χ0n) is 13.2. The second-order valence-corrected chi connectivity index (χ2v) is 5.96. The van der Waals surface area contributed by atoms with Gasteiger partial charge in [0.1, 0.15) is 5.75 Å². The molecule has 0 aliphatic carbocycles. The quantitative estimate of drug-likeness (QED) is 0.874. The molecule has 4 nitrogen and oxygen atoms in total. The minimum Gasteiger partial charge on any atom is -0.493 e. The van der Waals surface area contributed by atoms with Gasteiger partial charge in [-0.05, 0) is 44.2 Å². The minimum atomic E-state index is 0. The van der Waals surface area contributed by atoms with Crippen molar-refractivity contribution < 1.29 is 9.53 Å². The maximum absolute atomic E-state index is 12.0. The molecule has 0 bridgehead atoms. The Bertz CT molecular complexity index is 432. The first kappa shape index (κ1) is 18.8. The number of hydrogen-bond donors (Lipinski definition) is 1. The summed E-state index contributed by atoms with van der Waals surface area (Å²) in [7, 11) is 0. The van der Waals surface area contributed by atoms with E-state index in [-0.39, 0.29) is 24.4 Å². The fourth-order valence-corrected chi connectivity index (χ4v) is 2.59. The van der Waals surface area contributed by atoms with Gasteiger partial charge >= 0.3 is 0 Å². The van der Waals surface area contributed by atoms with Gasteiger partial charge in [0.2, 0.25) is 5.91 Å². The lowest BCUT2D eigenvalue weighted by atomic mass is 9.97. The van der Waals surface area contributed by atoms with Crippen LogP contribution < -0.4 is 10.5 Å². The molecule has 1 saturated heterocycles. The fourth-order valence-electron chi connectivity index (χ4n) is 2.59. The summed E-state index contributed by atoms with van der Waals surface area (Å²) in [5, 5.41) is 0. The number of piperidine rings is 1. The molecule has 1 amide bonds. The largest absolute Gasteiger partial charge is 0.493 e. The van der Waals surface area contributed by atoms with Crippen LogP contribution in [-0.2, 0) is 4.79 Å². The first-order valence-corrected chi connectivity index (χ1v) is 7.86. The van der Waals surface area contributed by atoms with Crippen LogP contribution >= 0.6 is 12.4 Å². The highest BCUT2D eigenvalue weighted by molar-refractivity contribution is 5.85. The van der Waals surface area contributed by atoms with Crippen molar-refractivity contribution in [1.29, 1.82) is 0 Å². The average Bonchev–Trinajstić information content (AvgIpc) is 2.52. The van der Waals surface area contributed by atoms with Crippen molar-refractivity contribution in [3.63, 3.8) is 0 Å². The molecule has 124 valence electrons. The third-order valence-corrected chi connectivity index (χ3v) is 4.01. The smallest absolute Gasteiger partial charge is 0.222 e. The minimum absolute atomic E-state index is 0. The van der Waals surface area contributed by atoms with Crippen molar-refractivity contribution >= 4 is 18.3 Å². The van der Waals surface area contributed by atoms with E-state index in [4.69, 9.17) is 10.5 Å². The molecule has 0 saturated carbocycles. The van der Waals surface area contributed by atoms with Gasteiger partial charge in [-0.25, -0.2) is 0 Å². The fraction of sp³-hybridized carbons (Fsp3) is 0.588. The van der Waals surface area contributed by atoms with Gasteiger partial charge in [-0.2, -0.15) is 0 Å². The molecule has 0 spiro atoms. The Balaban J connectivity index is 0.00000242. The van der Waals surface area contributed by atoms with Crippen LogP contribution in [0.15, 0.2) is 30.3 Å². The lowest BCUT2D eigenvalue weighted by molar-refractivity contribution is -0.132. The van der Waals surface area contributed by atoms with Crippen LogP contribution in [0.2, 0.25) is 0 Å². The summed E-state index contributed by atoms with van der Waals surface area (Å²) in [6.07, 6.45) is 3.40. The molecule has 1 aromatic rings. The molecular formula is C17H27ClN2O2. The zero-order valence-corrected chi connectivity index (χ0v) is 14.1. The number of amides is 1. The first-order chi connectivity index (χ1) is 10.1. The Labute approximate surface area is 139 Å². The summed E-state index contributed by atoms with van der Waals surface area (Å²) in [5.74, 6) is 1.71. The number of halogens is 1. The molecule has 1 atom stereocenters. The first-order valence-electron chi connectivity index (χ1n) is 7.86. The van der Waals surface area contributed by atoms with Crippen molar-refractivity contribution in [2.24, 2.45) is 11.7 Å². The van der Waals surface area contributed by atoms with Gasteiger partial charge in [0.25, 0.3) is 0 Å². The van der Waals surface area contributed by atoms with Crippen LogP contribution in [0.1, 0.15) is 32.6 Å². The van der Waals surface area contributed by atoms with Gasteiger partial charge < -0.3 is 15.4 Å². The van der Waals surface area contributed by atoms with E-state index >= 15 is 0 Å². The number of hydrogen-bond acceptors (Lipinski definition) is 3. The van der Waals surface area contributed by atoms with Gasteiger partial charge in [-0.3, -0.25) is 4.79 Å². The topological polar surface area (TPSA) is 55.6 Å². The Morgan fingerprint density at radius 3 is 2.55 bits per heavy atom. The van der Waals surface area contributed by atoms with Crippen molar-refractivity contribution in [3.05, 3.63) is 30.3 Å². The summed E-state index contributed by atoms with van der Waals surface area (Å²) >= 11 is 0. The molecule has 2 rings (SSSR count). The Morgan fingerprint density at radius 2 is 1.95 bits per heavy atom. The number of rotatable bonds is 6. The number of benzene rings is 1. The maximum Gasteiger partial charge on any atom is 0.222 e. The second kappa shape index (κ2) is 9.70. The van der Waals surface area contributed by atoms with Gasteiger partial charge in [0.15, 0.2) is 0 Å². The summed E-state index contributed by atoms with van der Waals surface area (Å²) in [6, 6.07) is 10.0. The molecule has 22 heavy (non-hydrogen) atoms. The second-order valence-electron chi connectivity index (χ2n) is 5.96. The molecule has 1 fully saturated rings. The molecule has 1 aliphatic heterocycles. The molecule has 1 heterocycles. The summed E-state index contributed by atoms with van der Waals surface area (Å²) in [5.41, 5.74) is 5.70. The molecule has 1 aromatic carbocycles. The number of ether oxygens (including phenoxy) is 1. The summed E-state index contributed by atoms with van der Waals surface area (Å²) in [6.45, 7) is 4.38. The van der Waals surface area contributed by atoms with E-state index in [0.29, 0.717) is 12.3 Å². The molecular weight excluding hydrogens is 300 g/mol. The Morgan fingerprint density at radius 1 is 1.32 bits per heavy atom. The van der Waals surface area contributed by atoms with Crippen molar-refractivity contribution in [2.45, 2.75) is 38.6 Å². The lowest BCUT2D eigenvalue weighted by Gasteiger charge is -2.32. The number of carbonyl (C=O) groups excluding carboxylic acids is 1. The highest BCUT2D eigenvalue weighted by atomic mass is 35.5. The molecule has 5 heteroatoms. The third kappa shape index (κ3) is 6.24. The standard InChI is InChI=1S/C17H26N2O2.ClH/c1-14(18)7-8-17(20)19-11-9-15(10-12-19)13-21-16-5-3-2-4-6-16;/h2-6,14-15H,7-13,18H2,1H3;1H. The number of para-hydroxylation sites is 1. The number of carbonyl (C=O) groups is 1. The van der Waals surface area contributed by atoms with Crippen LogP contribution in [-0.4, -0.2) is 36.5 Å². The van der Waals surface area contributed by atoms with Crippen molar-refractivity contribution in [3.8, 4) is 5.75 Å². The molecule has 0 aromatic heterocycles. The van der Waals surface area contributed by atoms with Crippen molar-refractivity contribution in [1.82, 2.24) is 4.90 Å². The predicted molar refractivity (Wildman–Crippen MR) is 91.4 cm³/mol. The third-order valence-electron chi connectivity index (χ3n) is 4.01. The Kier molecular flexibility index (Phi) is 8.28. The van der Waals surface area contributed by atoms with E-state index in [2.05, 4.69) is 0 Å². The van der Waals surface area contributed by atoms with Gasteiger partial charge in [-0.1, -0.05) is 18.2 Å². The van der Waals surface area contributed by atoms with E-state index in [0.717, 1.165) is 44.7 Å². The van der Waals surface area contributed by atoms with E-state index < -0.39 is 0 Å². The van der Waals surface area contributed by atoms with E-state index in [1.807, 2.05) is 42.2 Å². The SMILES string of the molecule is CC(N)CCC(=O)N1CCC(COc2ccccc2)CC1.Cl. The molecule has 1 unspecified atom stereocenters. The monoisotopic (exact) mass is 326 g/mol. The van der Waals surface area contributed by atoms with Crippen LogP contribution in [0.25, 0.3) is 0 Å². The number of nitrogens with two attached hydrogens (primary N) is 1. The number of nitrogens with zero attached hydrogens (tertiary/aromatic N) is 1. The van der Waals surface area contributed by atoms with Crippen LogP contribution in [0, 0.1) is 5.92 Å². The number of likely N-dealkylation sites (tertiary alicyclic amines) is 1. The van der Waals surface area contributed by atoms with E-state index in [1.165, 1.54) is 0 Å². The molecule has 1 aliphatic rings. The summed E-state index contributed by atoms with van der Waals surface area (Å²) < 4.78 is 5.80. The van der Waals surface area contributed by atoms with Gasteiger partial charge in [0.05, 0.1) is 6.61 Å². The predicted octanol–water partition coefficient (Wildman–Crippen LogP) is 2.85. The highest BCUT2D eigenvalue weighted by Gasteiger charge is 2.23. The van der Waals surface area contributed by atoms with Crippen LogP contribution in [0.3, 0.4) is 0 Å². The lowest BCUT2D eigenvalue weighted by Crippen LogP contribution is -2.40. The van der Waals surface area contributed by atoms with E-state index in [1.54, 1.807) is 0 Å². The molecule has 2 N–H and O–H groups in total. The summed E-state index contributed by atoms with van der Waals surface area (Å²) in [4.78, 5) is 14.0. The van der Waals surface area contributed by atoms with Gasteiger partial charge in [0, 0.05) is 25.6 Å². The maximum atomic E-state index is 12.0. The van der Waals surface area contributed by atoms with Crippen LogP contribution in [0.4, 0.5) is 0 Å². The molecule has 0 radical (unpaired) electrons. The normalized spacial score (nSPS) is 16.7. The zero-order chi connectivity index (χ0) is 15.1. The van der Waals surface area contributed by atoms with E-state index in [9.17, 15) is 4.79 Å². The van der Waals surface area contributed by atoms with Crippen molar-refractivity contribution in [2.75, 3.05) is 19.7 Å². The average molecular weight is 327 g/mol. The Hall–Kier alpha value is -1.26.